The van der Waals surface area contributed by atoms with Crippen molar-refractivity contribution < 1.29 is 8.42 Å². The van der Waals surface area contributed by atoms with E-state index in [0.29, 0.717) is 6.42 Å². The Labute approximate surface area is 218 Å². The Morgan fingerprint density at radius 1 is 0.970 bits per heavy atom. The maximum atomic E-state index is 12.0. The third-order valence-corrected chi connectivity index (χ3v) is 11.7. The zero-order valence-corrected chi connectivity index (χ0v) is 24.2. The third-order valence-electron chi connectivity index (χ3n) is 6.71. The van der Waals surface area contributed by atoms with Crippen LogP contribution >= 0.6 is 47.8 Å². The number of halogens is 3. The molecule has 0 amide bonds. The number of anilines is 2. The van der Waals surface area contributed by atoms with Crippen molar-refractivity contribution >= 4 is 80.3 Å². The second-order valence-electron chi connectivity index (χ2n) is 8.85. The molecule has 1 aromatic carbocycles. The van der Waals surface area contributed by atoms with E-state index in [2.05, 4.69) is 76.4 Å². The second-order valence-corrected chi connectivity index (χ2v) is 13.5. The highest BCUT2D eigenvalue weighted by Crippen LogP contribution is 2.40. The molecule has 8 nitrogen and oxygen atoms in total. The number of rotatable bonds is 3. The summed E-state index contributed by atoms with van der Waals surface area (Å²) in [6.07, 6.45) is 0.643. The van der Waals surface area contributed by atoms with Crippen LogP contribution in [0, 0.1) is 20.8 Å². The molecule has 2 saturated heterocycles. The molecule has 1 N–H and O–H groups in total. The van der Waals surface area contributed by atoms with E-state index >= 15 is 0 Å². The molecule has 2 fully saturated rings. The summed E-state index contributed by atoms with van der Waals surface area (Å²) in [4.78, 5) is 13.0. The average Bonchev–Trinajstić information content (AvgIpc) is 3.46. The minimum atomic E-state index is -2.95. The van der Waals surface area contributed by atoms with E-state index in [4.69, 9.17) is 10.1 Å². The predicted octanol–water partition coefficient (Wildman–Crippen LogP) is 4.66. The van der Waals surface area contributed by atoms with Crippen LogP contribution in [0.3, 0.4) is 0 Å². The van der Waals surface area contributed by atoms with Crippen LogP contribution in [0.1, 0.15) is 29.4 Å². The zero-order chi connectivity index (χ0) is 23.7. The topological polar surface area (TPSA) is 87.1 Å². The highest BCUT2D eigenvalue weighted by atomic mass is 79.9. The maximum absolute atomic E-state index is 12.0. The van der Waals surface area contributed by atoms with Gasteiger partial charge in [-0.1, -0.05) is 0 Å². The first kappa shape index (κ1) is 23.6. The van der Waals surface area contributed by atoms with Crippen molar-refractivity contribution in [1.29, 1.82) is 0 Å². The molecule has 3 aromatic rings. The van der Waals surface area contributed by atoms with E-state index in [9.17, 15) is 8.42 Å². The molecule has 0 spiro atoms. The smallest absolute Gasteiger partial charge is 0.204 e. The van der Waals surface area contributed by atoms with E-state index in [1.807, 2.05) is 11.6 Å². The standard InChI is InChI=1S/C21H25Br3N6O2S/c1-11-15(22)17(24)19-18(16(11)23)25-21(26-19)29-7-5-28(6-8-29)20-12(2)27-30(13(20)3)14-4-9-33(31,32)10-14/h14H,4-10H2,1-3H3,(H,25,26). The number of aromatic nitrogens is 4. The molecule has 0 radical (unpaired) electrons. The lowest BCUT2D eigenvalue weighted by atomic mass is 10.2. The zero-order valence-electron chi connectivity index (χ0n) is 18.6. The molecule has 2 aliphatic heterocycles. The first-order valence-corrected chi connectivity index (χ1v) is 15.1. The van der Waals surface area contributed by atoms with Gasteiger partial charge < -0.3 is 14.8 Å². The molecule has 0 bridgehead atoms. The van der Waals surface area contributed by atoms with Crippen molar-refractivity contribution in [2.75, 3.05) is 47.5 Å². The van der Waals surface area contributed by atoms with E-state index in [-0.39, 0.29) is 17.5 Å². The highest BCUT2D eigenvalue weighted by molar-refractivity contribution is 9.13. The van der Waals surface area contributed by atoms with E-state index in [1.165, 1.54) is 0 Å². The molecule has 2 aromatic heterocycles. The van der Waals surface area contributed by atoms with Crippen molar-refractivity contribution in [3.05, 3.63) is 30.4 Å². The van der Waals surface area contributed by atoms with Gasteiger partial charge in [-0.2, -0.15) is 5.10 Å². The maximum Gasteiger partial charge on any atom is 0.204 e. The van der Waals surface area contributed by atoms with Gasteiger partial charge in [0.05, 0.1) is 44.6 Å². The van der Waals surface area contributed by atoms with E-state index in [0.717, 1.165) is 79.2 Å². The fourth-order valence-corrected chi connectivity index (χ4v) is 8.37. The number of nitrogens with zero attached hydrogens (tertiary/aromatic N) is 5. The van der Waals surface area contributed by atoms with Crippen LogP contribution in [0.2, 0.25) is 0 Å². The number of piperazine rings is 1. The largest absolute Gasteiger partial charge is 0.365 e. The van der Waals surface area contributed by atoms with Crippen molar-refractivity contribution in [2.45, 2.75) is 33.2 Å². The van der Waals surface area contributed by atoms with Gasteiger partial charge >= 0.3 is 0 Å². The summed E-state index contributed by atoms with van der Waals surface area (Å²) in [6.45, 7) is 9.48. The molecule has 0 saturated carbocycles. The molecular weight excluding hydrogens is 640 g/mol. The number of aryl methyl sites for hydroxylation is 1. The number of nitrogens with one attached hydrogen (secondary N) is 1. The van der Waals surface area contributed by atoms with Crippen molar-refractivity contribution in [2.24, 2.45) is 0 Å². The Kier molecular flexibility index (Phi) is 6.10. The minimum Gasteiger partial charge on any atom is -0.365 e. The summed E-state index contributed by atoms with van der Waals surface area (Å²) in [5.74, 6) is 1.31. The number of benzene rings is 1. The van der Waals surface area contributed by atoms with Gasteiger partial charge in [0.25, 0.3) is 0 Å². The number of H-pyrrole nitrogens is 1. The van der Waals surface area contributed by atoms with Crippen LogP contribution in [-0.4, -0.2) is 65.9 Å². The molecule has 12 heteroatoms. The van der Waals surface area contributed by atoms with Crippen LogP contribution < -0.4 is 9.80 Å². The number of imidazole rings is 1. The fourth-order valence-electron chi connectivity index (χ4n) is 4.96. The summed E-state index contributed by atoms with van der Waals surface area (Å²) < 4.78 is 28.8. The van der Waals surface area contributed by atoms with Gasteiger partial charge in [-0.25, -0.2) is 13.4 Å². The van der Waals surface area contributed by atoms with Crippen LogP contribution in [0.4, 0.5) is 11.6 Å². The van der Waals surface area contributed by atoms with Gasteiger partial charge in [-0.15, -0.1) is 0 Å². The molecule has 1 unspecified atom stereocenters. The lowest BCUT2D eigenvalue weighted by molar-refractivity contribution is 0.485. The normalized spacial score (nSPS) is 20.8. The Morgan fingerprint density at radius 3 is 2.27 bits per heavy atom. The number of fused-ring (bicyclic) bond motifs is 1. The molecule has 5 rings (SSSR count). The van der Waals surface area contributed by atoms with Gasteiger partial charge in [-0.05, 0) is 80.5 Å². The number of sulfone groups is 1. The summed E-state index contributed by atoms with van der Waals surface area (Å²) in [7, 11) is -2.95. The molecule has 178 valence electrons. The second kappa shape index (κ2) is 8.53. The molecule has 0 aliphatic carbocycles. The first-order valence-electron chi connectivity index (χ1n) is 10.9. The number of aromatic amines is 1. The van der Waals surface area contributed by atoms with Crippen LogP contribution in [0.5, 0.6) is 0 Å². The predicted molar refractivity (Wildman–Crippen MR) is 142 cm³/mol. The SMILES string of the molecule is Cc1nn(C2CCS(=O)(=O)C2)c(C)c1N1CCN(c2nc3c(Br)c(Br)c(C)c(Br)c3[nH]2)CC1. The van der Waals surface area contributed by atoms with Crippen LogP contribution in [-0.2, 0) is 9.84 Å². The van der Waals surface area contributed by atoms with E-state index in [1.54, 1.807) is 0 Å². The van der Waals surface area contributed by atoms with Crippen molar-refractivity contribution in [3.63, 3.8) is 0 Å². The Hall–Kier alpha value is -1.11. The van der Waals surface area contributed by atoms with Crippen LogP contribution in [0.15, 0.2) is 13.4 Å². The highest BCUT2D eigenvalue weighted by Gasteiger charge is 2.33. The molecular formula is C21H25Br3N6O2S. The van der Waals surface area contributed by atoms with Crippen LogP contribution in [0.25, 0.3) is 11.0 Å². The van der Waals surface area contributed by atoms with Gasteiger partial charge in [0.15, 0.2) is 9.84 Å². The summed E-state index contributed by atoms with van der Waals surface area (Å²) in [6, 6.07) is -0.0565. The van der Waals surface area contributed by atoms with Gasteiger partial charge in [0, 0.05) is 35.1 Å². The van der Waals surface area contributed by atoms with Crippen molar-refractivity contribution in [3.8, 4) is 0 Å². The third kappa shape index (κ3) is 4.04. The Balaban J connectivity index is 1.36. The van der Waals surface area contributed by atoms with Gasteiger partial charge in [-0.3, -0.25) is 4.68 Å². The summed E-state index contributed by atoms with van der Waals surface area (Å²) in [5.41, 5.74) is 6.15. The van der Waals surface area contributed by atoms with E-state index < -0.39 is 9.84 Å². The quantitative estimate of drug-likeness (QED) is 0.410. The summed E-state index contributed by atoms with van der Waals surface area (Å²) >= 11 is 11.0. The lowest BCUT2D eigenvalue weighted by Crippen LogP contribution is -2.47. The van der Waals surface area contributed by atoms with Gasteiger partial charge in [0.1, 0.15) is 5.52 Å². The average molecular weight is 665 g/mol. The number of hydrogen-bond donors (Lipinski definition) is 1. The first-order chi connectivity index (χ1) is 15.6. The fraction of sp³-hybridized carbons (Fsp3) is 0.524. The lowest BCUT2D eigenvalue weighted by Gasteiger charge is -2.36. The summed E-state index contributed by atoms with van der Waals surface area (Å²) in [5, 5.41) is 4.74. The van der Waals surface area contributed by atoms with Gasteiger partial charge in [0.2, 0.25) is 5.95 Å². The molecule has 33 heavy (non-hydrogen) atoms. The minimum absolute atomic E-state index is 0.0565. The Morgan fingerprint density at radius 2 is 1.64 bits per heavy atom. The Bertz CT molecular complexity index is 1310. The van der Waals surface area contributed by atoms with Crippen molar-refractivity contribution in [1.82, 2.24) is 19.7 Å². The molecule has 1 atom stereocenters. The molecule has 4 heterocycles. The number of hydrogen-bond acceptors (Lipinski definition) is 6. The monoisotopic (exact) mass is 662 g/mol. The molecule has 2 aliphatic rings.